The summed E-state index contributed by atoms with van der Waals surface area (Å²) in [4.78, 5) is 0. The van der Waals surface area contributed by atoms with Gasteiger partial charge in [-0.25, -0.2) is 0 Å². The summed E-state index contributed by atoms with van der Waals surface area (Å²) in [6.07, 6.45) is 1.90. The maximum Gasteiger partial charge on any atom is 0.171 e. The molecule has 3 nitrogen and oxygen atoms in total. The fourth-order valence-electron chi connectivity index (χ4n) is 2.34. The van der Waals surface area contributed by atoms with Gasteiger partial charge >= 0.3 is 0 Å². The zero-order chi connectivity index (χ0) is 14.3. The van der Waals surface area contributed by atoms with Crippen LogP contribution in [0, 0.1) is 0 Å². The molecule has 1 aromatic carbocycles. The van der Waals surface area contributed by atoms with Crippen LogP contribution in [0.2, 0.25) is 0 Å². The molecular formula is C16H27NO2. The average molecular weight is 265 g/mol. The van der Waals surface area contributed by atoms with Crippen molar-refractivity contribution in [3.8, 4) is 0 Å². The molecule has 108 valence electrons. The zero-order valence-corrected chi connectivity index (χ0v) is 12.8. The first-order valence-corrected chi connectivity index (χ1v) is 7.06. The van der Waals surface area contributed by atoms with E-state index < -0.39 is 0 Å². The van der Waals surface area contributed by atoms with Gasteiger partial charge in [0, 0.05) is 20.3 Å². The molecule has 0 aromatic heterocycles. The lowest BCUT2D eigenvalue weighted by Crippen LogP contribution is -2.41. The van der Waals surface area contributed by atoms with Crippen LogP contribution >= 0.6 is 0 Å². The minimum Gasteiger partial charge on any atom is -0.354 e. The Hall–Kier alpha value is -0.900. The number of hydrogen-bond donors (Lipinski definition) is 1. The van der Waals surface area contributed by atoms with Crippen LogP contribution in [0.3, 0.4) is 0 Å². The van der Waals surface area contributed by atoms with Crippen molar-refractivity contribution < 1.29 is 9.47 Å². The quantitative estimate of drug-likeness (QED) is 0.732. The monoisotopic (exact) mass is 265 g/mol. The fraction of sp³-hybridized carbons (Fsp3) is 0.625. The van der Waals surface area contributed by atoms with Crippen molar-refractivity contribution in [3.05, 3.63) is 35.4 Å². The fourth-order valence-corrected chi connectivity index (χ4v) is 2.34. The van der Waals surface area contributed by atoms with Gasteiger partial charge in [-0.15, -0.1) is 0 Å². The van der Waals surface area contributed by atoms with Crippen molar-refractivity contribution in [3.63, 3.8) is 0 Å². The molecule has 0 aliphatic rings. The largest absolute Gasteiger partial charge is 0.354 e. The van der Waals surface area contributed by atoms with Crippen molar-refractivity contribution in [2.75, 3.05) is 14.2 Å². The van der Waals surface area contributed by atoms with Gasteiger partial charge in [-0.05, 0) is 30.9 Å². The summed E-state index contributed by atoms with van der Waals surface area (Å²) < 4.78 is 10.6. The van der Waals surface area contributed by atoms with Crippen molar-refractivity contribution >= 4 is 0 Å². The minimum absolute atomic E-state index is 0.144. The molecule has 0 spiro atoms. The van der Waals surface area contributed by atoms with Gasteiger partial charge in [-0.1, -0.05) is 38.1 Å². The average Bonchev–Trinajstić information content (AvgIpc) is 2.46. The third-order valence-corrected chi connectivity index (χ3v) is 3.54. The van der Waals surface area contributed by atoms with Crippen LogP contribution in [0.5, 0.6) is 0 Å². The molecule has 2 atom stereocenters. The van der Waals surface area contributed by atoms with E-state index >= 15 is 0 Å². The Balaban J connectivity index is 2.71. The van der Waals surface area contributed by atoms with Gasteiger partial charge in [0.05, 0.1) is 6.04 Å². The van der Waals surface area contributed by atoms with Crippen molar-refractivity contribution in [2.24, 2.45) is 0 Å². The van der Waals surface area contributed by atoms with Crippen LogP contribution in [0.25, 0.3) is 0 Å². The zero-order valence-electron chi connectivity index (χ0n) is 12.8. The van der Waals surface area contributed by atoms with E-state index in [9.17, 15) is 0 Å². The third-order valence-electron chi connectivity index (χ3n) is 3.54. The molecule has 0 saturated heterocycles. The molecule has 2 unspecified atom stereocenters. The normalized spacial score (nSPS) is 14.6. The van der Waals surface area contributed by atoms with Crippen molar-refractivity contribution in [1.82, 2.24) is 5.32 Å². The van der Waals surface area contributed by atoms with Gasteiger partial charge in [0.15, 0.2) is 6.29 Å². The highest BCUT2D eigenvalue weighted by Gasteiger charge is 2.19. The first-order valence-electron chi connectivity index (χ1n) is 7.06. The molecule has 0 amide bonds. The van der Waals surface area contributed by atoms with Crippen LogP contribution in [0.1, 0.15) is 44.4 Å². The number of ether oxygens (including phenoxy) is 2. The van der Waals surface area contributed by atoms with Crippen LogP contribution in [-0.4, -0.2) is 26.6 Å². The molecule has 19 heavy (non-hydrogen) atoms. The lowest BCUT2D eigenvalue weighted by atomic mass is 10.0. The minimum atomic E-state index is -0.219. The van der Waals surface area contributed by atoms with Gasteiger partial charge in [0.1, 0.15) is 0 Å². The number of benzene rings is 1. The molecule has 1 aromatic rings. The number of rotatable bonds is 8. The second-order valence-corrected chi connectivity index (χ2v) is 4.85. The Kier molecular flexibility index (Phi) is 7.06. The standard InChI is InChI=1S/C16H27NO2/c1-6-13-8-10-14(11-9-13)15(7-2)17-12(3)16(18-4)19-5/h8-12,15-17H,6-7H2,1-5H3. The Labute approximate surface area is 117 Å². The Morgan fingerprint density at radius 2 is 1.63 bits per heavy atom. The van der Waals surface area contributed by atoms with Gasteiger partial charge in [-0.3, -0.25) is 0 Å². The van der Waals surface area contributed by atoms with E-state index in [0.29, 0.717) is 6.04 Å². The molecule has 0 fully saturated rings. The van der Waals surface area contributed by atoms with Gasteiger partial charge < -0.3 is 14.8 Å². The smallest absolute Gasteiger partial charge is 0.171 e. The highest BCUT2D eigenvalue weighted by molar-refractivity contribution is 5.25. The van der Waals surface area contributed by atoms with Crippen LogP contribution in [-0.2, 0) is 15.9 Å². The number of nitrogens with one attached hydrogen (secondary N) is 1. The van der Waals surface area contributed by atoms with Gasteiger partial charge in [-0.2, -0.15) is 0 Å². The highest BCUT2D eigenvalue weighted by Crippen LogP contribution is 2.19. The van der Waals surface area contributed by atoms with Crippen LogP contribution in [0.4, 0.5) is 0 Å². The molecule has 0 radical (unpaired) electrons. The molecule has 0 aliphatic carbocycles. The van der Waals surface area contributed by atoms with Crippen molar-refractivity contribution in [2.45, 2.75) is 52.0 Å². The second kappa shape index (κ2) is 8.31. The summed E-state index contributed by atoms with van der Waals surface area (Å²) in [5, 5.41) is 3.57. The predicted octanol–water partition coefficient (Wildman–Crippen LogP) is 3.30. The number of aryl methyl sites for hydroxylation is 1. The van der Waals surface area contributed by atoms with E-state index in [2.05, 4.69) is 50.4 Å². The van der Waals surface area contributed by atoms with Gasteiger partial charge in [0.25, 0.3) is 0 Å². The van der Waals surface area contributed by atoms with E-state index in [-0.39, 0.29) is 12.3 Å². The first-order chi connectivity index (χ1) is 9.15. The summed E-state index contributed by atoms with van der Waals surface area (Å²) in [6, 6.07) is 9.30. The molecule has 1 N–H and O–H groups in total. The first kappa shape index (κ1) is 16.2. The Morgan fingerprint density at radius 3 is 2.05 bits per heavy atom. The molecule has 0 saturated carbocycles. The molecule has 0 aliphatic heterocycles. The van der Waals surface area contributed by atoms with E-state index in [1.807, 2.05) is 0 Å². The molecule has 0 bridgehead atoms. The van der Waals surface area contributed by atoms with E-state index in [1.165, 1.54) is 11.1 Å². The molecule has 1 rings (SSSR count). The summed E-state index contributed by atoms with van der Waals surface area (Å²) >= 11 is 0. The second-order valence-electron chi connectivity index (χ2n) is 4.85. The number of hydrogen-bond acceptors (Lipinski definition) is 3. The SMILES string of the molecule is CCc1ccc(C(CC)NC(C)C(OC)OC)cc1. The maximum absolute atomic E-state index is 5.29. The topological polar surface area (TPSA) is 30.5 Å². The predicted molar refractivity (Wildman–Crippen MR) is 79.3 cm³/mol. The third kappa shape index (κ3) is 4.60. The van der Waals surface area contributed by atoms with E-state index in [0.717, 1.165) is 12.8 Å². The van der Waals surface area contributed by atoms with Gasteiger partial charge in [0.2, 0.25) is 0 Å². The molecular weight excluding hydrogens is 238 g/mol. The maximum atomic E-state index is 5.29. The highest BCUT2D eigenvalue weighted by atomic mass is 16.7. The van der Waals surface area contributed by atoms with Crippen LogP contribution in [0.15, 0.2) is 24.3 Å². The molecule has 3 heteroatoms. The lowest BCUT2D eigenvalue weighted by molar-refractivity contribution is -0.121. The number of methoxy groups -OCH3 is 2. The lowest BCUT2D eigenvalue weighted by Gasteiger charge is -2.27. The Morgan fingerprint density at radius 1 is 1.05 bits per heavy atom. The Bertz CT molecular complexity index is 346. The van der Waals surface area contributed by atoms with E-state index in [1.54, 1.807) is 14.2 Å². The summed E-state index contributed by atoms with van der Waals surface area (Å²) in [7, 11) is 3.34. The van der Waals surface area contributed by atoms with Crippen molar-refractivity contribution in [1.29, 1.82) is 0 Å². The summed E-state index contributed by atoms with van der Waals surface area (Å²) in [5.41, 5.74) is 2.69. The van der Waals surface area contributed by atoms with E-state index in [4.69, 9.17) is 9.47 Å². The summed E-state index contributed by atoms with van der Waals surface area (Å²) in [5.74, 6) is 0. The summed E-state index contributed by atoms with van der Waals surface area (Å²) in [6.45, 7) is 6.45. The van der Waals surface area contributed by atoms with Crippen LogP contribution < -0.4 is 5.32 Å². The molecule has 0 heterocycles.